The number of hydrogen-bond donors (Lipinski definition) is 2. The van der Waals surface area contributed by atoms with E-state index in [0.717, 1.165) is 38.0 Å². The summed E-state index contributed by atoms with van der Waals surface area (Å²) in [6.07, 6.45) is 8.57. The van der Waals surface area contributed by atoms with Gasteiger partial charge in [0, 0.05) is 5.69 Å². The largest absolute Gasteiger partial charge is 0.321 e. The Bertz CT molecular complexity index is 679. The van der Waals surface area contributed by atoms with Crippen LogP contribution in [-0.2, 0) is 6.42 Å². The number of carbonyl (C=O) groups excluding carboxylic acids is 1. The van der Waals surface area contributed by atoms with E-state index in [-0.39, 0.29) is 18.3 Å². The molecule has 26 heavy (non-hydrogen) atoms. The Hall–Kier alpha value is -1.92. The van der Waals surface area contributed by atoms with Gasteiger partial charge < -0.3 is 10.6 Å². The van der Waals surface area contributed by atoms with E-state index in [0.29, 0.717) is 11.7 Å². The maximum atomic E-state index is 12.4. The summed E-state index contributed by atoms with van der Waals surface area (Å²) in [5.74, 6) is -0.209. The summed E-state index contributed by atoms with van der Waals surface area (Å²) in [7, 11) is 0. The van der Waals surface area contributed by atoms with E-state index >= 15 is 0 Å². The van der Waals surface area contributed by atoms with Gasteiger partial charge in [-0.05, 0) is 56.5 Å². The van der Waals surface area contributed by atoms with E-state index in [9.17, 15) is 4.79 Å². The van der Waals surface area contributed by atoms with Crippen molar-refractivity contribution in [3.05, 3.63) is 41.7 Å². The standard InChI is InChI=1S/C19H27N5O.ClH/c1-2-3-4-5-15-6-8-16(9-7-15)21-19(25)18-14-24(23-22-18)17-10-12-20-13-11-17;/h6-9,14,17,20H,2-5,10-13H2,1H3,(H,21,25);1H. The fraction of sp³-hybridized carbons (Fsp3) is 0.526. The number of halogens is 1. The number of carbonyl (C=O) groups is 1. The Kier molecular flexibility index (Phi) is 8.06. The van der Waals surface area contributed by atoms with Crippen LogP contribution in [-0.4, -0.2) is 34.0 Å². The molecule has 1 aromatic carbocycles. The zero-order valence-corrected chi connectivity index (χ0v) is 16.1. The summed E-state index contributed by atoms with van der Waals surface area (Å²) in [6, 6.07) is 8.40. The number of nitrogens with one attached hydrogen (secondary N) is 2. The number of aromatic nitrogens is 3. The van der Waals surface area contributed by atoms with Crippen LogP contribution in [0.1, 0.15) is 61.1 Å². The second-order valence-electron chi connectivity index (χ2n) is 6.67. The van der Waals surface area contributed by atoms with Gasteiger partial charge in [-0.2, -0.15) is 0 Å². The molecule has 0 spiro atoms. The van der Waals surface area contributed by atoms with Crippen LogP contribution in [0.3, 0.4) is 0 Å². The lowest BCUT2D eigenvalue weighted by Gasteiger charge is -2.22. The van der Waals surface area contributed by atoms with E-state index in [1.54, 1.807) is 6.20 Å². The second kappa shape index (κ2) is 10.3. The monoisotopic (exact) mass is 377 g/mol. The van der Waals surface area contributed by atoms with Crippen molar-refractivity contribution < 1.29 is 4.79 Å². The van der Waals surface area contributed by atoms with Crippen LogP contribution in [0.15, 0.2) is 30.5 Å². The Morgan fingerprint density at radius 2 is 1.96 bits per heavy atom. The van der Waals surface area contributed by atoms with Gasteiger partial charge in [0.15, 0.2) is 5.69 Å². The summed E-state index contributed by atoms with van der Waals surface area (Å²) in [5.41, 5.74) is 2.47. The minimum absolute atomic E-state index is 0. The number of hydrogen-bond acceptors (Lipinski definition) is 4. The highest BCUT2D eigenvalue weighted by Crippen LogP contribution is 2.18. The normalized spacial score (nSPS) is 14.7. The van der Waals surface area contributed by atoms with Crippen LogP contribution in [0.5, 0.6) is 0 Å². The minimum atomic E-state index is -0.209. The number of rotatable bonds is 7. The summed E-state index contributed by atoms with van der Waals surface area (Å²) in [4.78, 5) is 12.4. The first-order valence-electron chi connectivity index (χ1n) is 9.29. The first-order chi connectivity index (χ1) is 12.3. The van der Waals surface area contributed by atoms with Gasteiger partial charge in [0.25, 0.3) is 5.91 Å². The van der Waals surface area contributed by atoms with Crippen molar-refractivity contribution in [1.82, 2.24) is 20.3 Å². The van der Waals surface area contributed by atoms with Gasteiger partial charge in [0.1, 0.15) is 0 Å². The Labute approximate surface area is 161 Å². The molecule has 142 valence electrons. The molecular weight excluding hydrogens is 350 g/mol. The van der Waals surface area contributed by atoms with Crippen LogP contribution in [0, 0.1) is 0 Å². The molecule has 1 amide bonds. The van der Waals surface area contributed by atoms with Crippen LogP contribution in [0.4, 0.5) is 5.69 Å². The van der Waals surface area contributed by atoms with Crippen molar-refractivity contribution in [2.75, 3.05) is 18.4 Å². The van der Waals surface area contributed by atoms with E-state index in [2.05, 4.69) is 40.0 Å². The van der Waals surface area contributed by atoms with Gasteiger partial charge in [-0.3, -0.25) is 4.79 Å². The molecule has 0 atom stereocenters. The van der Waals surface area contributed by atoms with Crippen molar-refractivity contribution in [3.8, 4) is 0 Å². The zero-order valence-electron chi connectivity index (χ0n) is 15.3. The van der Waals surface area contributed by atoms with E-state index in [1.807, 2.05) is 16.8 Å². The van der Waals surface area contributed by atoms with Crippen molar-refractivity contribution in [2.45, 2.75) is 51.5 Å². The Morgan fingerprint density at radius 3 is 2.65 bits per heavy atom. The lowest BCUT2D eigenvalue weighted by molar-refractivity contribution is 0.102. The van der Waals surface area contributed by atoms with Crippen molar-refractivity contribution in [1.29, 1.82) is 0 Å². The smallest absolute Gasteiger partial charge is 0.277 e. The highest BCUT2D eigenvalue weighted by atomic mass is 35.5. The molecule has 1 aliphatic rings. The summed E-state index contributed by atoms with van der Waals surface area (Å²) >= 11 is 0. The highest BCUT2D eigenvalue weighted by molar-refractivity contribution is 6.02. The number of nitrogens with zero attached hydrogens (tertiary/aromatic N) is 3. The van der Waals surface area contributed by atoms with Gasteiger partial charge in [0.05, 0.1) is 12.2 Å². The summed E-state index contributed by atoms with van der Waals surface area (Å²) < 4.78 is 1.83. The minimum Gasteiger partial charge on any atom is -0.321 e. The summed E-state index contributed by atoms with van der Waals surface area (Å²) in [6.45, 7) is 4.17. The third-order valence-electron chi connectivity index (χ3n) is 4.71. The van der Waals surface area contributed by atoms with E-state index in [4.69, 9.17) is 0 Å². The van der Waals surface area contributed by atoms with Gasteiger partial charge in [0.2, 0.25) is 0 Å². The molecular formula is C19H28ClN5O. The van der Waals surface area contributed by atoms with Gasteiger partial charge >= 0.3 is 0 Å². The zero-order chi connectivity index (χ0) is 17.5. The fourth-order valence-corrected chi connectivity index (χ4v) is 3.16. The molecule has 3 rings (SSSR count). The lowest BCUT2D eigenvalue weighted by atomic mass is 10.1. The van der Waals surface area contributed by atoms with Gasteiger partial charge in [-0.15, -0.1) is 17.5 Å². The van der Waals surface area contributed by atoms with Gasteiger partial charge in [-0.1, -0.05) is 37.1 Å². The number of benzene rings is 1. The molecule has 2 heterocycles. The van der Waals surface area contributed by atoms with Crippen molar-refractivity contribution >= 4 is 24.0 Å². The molecule has 2 N–H and O–H groups in total. The Balaban J connectivity index is 0.00000243. The van der Waals surface area contributed by atoms with Crippen molar-refractivity contribution in [3.63, 3.8) is 0 Å². The van der Waals surface area contributed by atoms with E-state index < -0.39 is 0 Å². The quantitative estimate of drug-likeness (QED) is 0.723. The fourth-order valence-electron chi connectivity index (χ4n) is 3.16. The highest BCUT2D eigenvalue weighted by Gasteiger charge is 2.18. The van der Waals surface area contributed by atoms with E-state index in [1.165, 1.54) is 24.8 Å². The number of amides is 1. The molecule has 0 unspecified atom stereocenters. The molecule has 0 radical (unpaired) electrons. The molecule has 1 saturated heterocycles. The van der Waals surface area contributed by atoms with Crippen LogP contribution >= 0.6 is 12.4 Å². The number of unbranched alkanes of at least 4 members (excludes halogenated alkanes) is 2. The molecule has 1 aliphatic heterocycles. The first-order valence-corrected chi connectivity index (χ1v) is 9.29. The average Bonchev–Trinajstić information content (AvgIpc) is 3.14. The third kappa shape index (κ3) is 5.54. The molecule has 6 nitrogen and oxygen atoms in total. The molecule has 7 heteroatoms. The maximum Gasteiger partial charge on any atom is 0.277 e. The predicted octanol–water partition coefficient (Wildman–Crippen LogP) is 3.61. The molecule has 0 saturated carbocycles. The molecule has 0 aliphatic carbocycles. The Morgan fingerprint density at radius 1 is 1.23 bits per heavy atom. The molecule has 1 aromatic heterocycles. The first kappa shape index (κ1) is 20.4. The number of anilines is 1. The van der Waals surface area contributed by atoms with Gasteiger partial charge in [-0.25, -0.2) is 4.68 Å². The maximum absolute atomic E-state index is 12.4. The van der Waals surface area contributed by atoms with Crippen molar-refractivity contribution in [2.24, 2.45) is 0 Å². The topological polar surface area (TPSA) is 71.8 Å². The third-order valence-corrected chi connectivity index (χ3v) is 4.71. The molecule has 2 aromatic rings. The average molecular weight is 378 g/mol. The predicted molar refractivity (Wildman–Crippen MR) is 106 cm³/mol. The molecule has 1 fully saturated rings. The lowest BCUT2D eigenvalue weighted by Crippen LogP contribution is -2.29. The van der Waals surface area contributed by atoms with Crippen LogP contribution in [0.2, 0.25) is 0 Å². The SMILES string of the molecule is CCCCCc1ccc(NC(=O)c2cn(C3CCNCC3)nn2)cc1.Cl. The summed E-state index contributed by atoms with van der Waals surface area (Å²) in [5, 5.41) is 14.4. The molecule has 0 bridgehead atoms. The van der Waals surface area contributed by atoms with Crippen LogP contribution < -0.4 is 10.6 Å². The second-order valence-corrected chi connectivity index (χ2v) is 6.67. The van der Waals surface area contributed by atoms with Crippen LogP contribution in [0.25, 0.3) is 0 Å². The number of aryl methyl sites for hydroxylation is 1. The number of piperidine rings is 1.